The van der Waals surface area contributed by atoms with Crippen LogP contribution in [0.1, 0.15) is 29.3 Å². The van der Waals surface area contributed by atoms with Crippen molar-refractivity contribution in [3.05, 3.63) is 82.6 Å². The van der Waals surface area contributed by atoms with E-state index in [1.807, 2.05) is 0 Å². The van der Waals surface area contributed by atoms with Crippen molar-refractivity contribution in [2.24, 2.45) is 10.7 Å². The minimum Gasteiger partial charge on any atom is -0.457 e. The van der Waals surface area contributed by atoms with Gasteiger partial charge in [0.15, 0.2) is 0 Å². The van der Waals surface area contributed by atoms with Gasteiger partial charge < -0.3 is 21.1 Å². The van der Waals surface area contributed by atoms with E-state index in [9.17, 15) is 18.0 Å². The second-order valence-corrected chi connectivity index (χ2v) is 8.17. The van der Waals surface area contributed by atoms with Crippen LogP contribution < -0.4 is 21.1 Å². The number of halogens is 4. The van der Waals surface area contributed by atoms with E-state index in [2.05, 4.69) is 20.6 Å². The zero-order chi connectivity index (χ0) is 25.0. The lowest BCUT2D eigenvalue weighted by atomic mass is 10.0. The molecule has 1 aliphatic rings. The van der Waals surface area contributed by atoms with Crippen molar-refractivity contribution >= 4 is 29.0 Å². The van der Waals surface area contributed by atoms with Gasteiger partial charge in [0.25, 0.3) is 0 Å². The molecule has 3 aromatic rings. The molecular weight excluding hydrogens is 483 g/mol. The van der Waals surface area contributed by atoms with Crippen LogP contribution in [-0.4, -0.2) is 29.8 Å². The fourth-order valence-corrected chi connectivity index (χ4v) is 3.69. The first-order chi connectivity index (χ1) is 16.7. The highest BCUT2D eigenvalue weighted by molar-refractivity contribution is 6.31. The van der Waals surface area contributed by atoms with Gasteiger partial charge in [-0.1, -0.05) is 23.7 Å². The third-order valence-corrected chi connectivity index (χ3v) is 5.46. The summed E-state index contributed by atoms with van der Waals surface area (Å²) < 4.78 is 45.1. The first-order valence-corrected chi connectivity index (χ1v) is 11.0. The molecule has 0 aliphatic carbocycles. The Hall–Kier alpha value is -3.63. The number of pyridine rings is 1. The first-order valence-electron chi connectivity index (χ1n) is 10.6. The fourth-order valence-electron chi connectivity index (χ4n) is 3.47. The van der Waals surface area contributed by atoms with E-state index >= 15 is 0 Å². The summed E-state index contributed by atoms with van der Waals surface area (Å²) in [6.07, 6.45) is -3.17. The smallest absolute Gasteiger partial charge is 0.417 e. The van der Waals surface area contributed by atoms with Crippen molar-refractivity contribution < 1.29 is 22.7 Å². The number of nitrogens with two attached hydrogens (primary N) is 1. The maximum atomic E-state index is 13.1. The van der Waals surface area contributed by atoms with E-state index in [0.29, 0.717) is 35.1 Å². The predicted molar refractivity (Wildman–Crippen MR) is 127 cm³/mol. The molecule has 1 aromatic heterocycles. The Labute approximate surface area is 204 Å². The summed E-state index contributed by atoms with van der Waals surface area (Å²) in [4.78, 5) is 21.1. The molecule has 7 nitrogen and oxygen atoms in total. The maximum Gasteiger partial charge on any atom is 0.417 e. The minimum atomic E-state index is -4.63. The predicted octanol–water partition coefficient (Wildman–Crippen LogP) is 4.92. The molecule has 0 fully saturated rings. The summed E-state index contributed by atoms with van der Waals surface area (Å²) in [5.41, 5.74) is 6.43. The van der Waals surface area contributed by atoms with Crippen molar-refractivity contribution in [1.82, 2.24) is 10.3 Å². The monoisotopic (exact) mass is 503 g/mol. The molecule has 0 radical (unpaired) electrons. The molecule has 1 atom stereocenters. The quantitative estimate of drug-likeness (QED) is 0.424. The number of benzene rings is 2. The Morgan fingerprint density at radius 2 is 1.97 bits per heavy atom. The van der Waals surface area contributed by atoms with Gasteiger partial charge in [0.2, 0.25) is 5.91 Å². The first kappa shape index (κ1) is 24.5. The fraction of sp³-hybridized carbons (Fsp3) is 0.208. The highest BCUT2D eigenvalue weighted by Crippen LogP contribution is 2.36. The van der Waals surface area contributed by atoms with Crippen molar-refractivity contribution in [3.63, 3.8) is 0 Å². The molecule has 35 heavy (non-hydrogen) atoms. The van der Waals surface area contributed by atoms with Gasteiger partial charge in [-0.2, -0.15) is 13.2 Å². The number of nitrogens with zero attached hydrogens (tertiary/aromatic N) is 2. The third-order valence-electron chi connectivity index (χ3n) is 5.13. The highest BCUT2D eigenvalue weighted by Gasteiger charge is 2.33. The zero-order valence-corrected chi connectivity index (χ0v) is 19.0. The molecule has 2 aromatic carbocycles. The Bertz CT molecular complexity index is 1270. The number of carbonyl (C=O) groups excluding carboxylic acids is 1. The minimum absolute atomic E-state index is 0.0224. The molecule has 11 heteroatoms. The zero-order valence-electron chi connectivity index (χ0n) is 18.3. The molecule has 0 spiro atoms. The molecule has 0 bridgehead atoms. The number of aliphatic imine (C=N–C) groups is 1. The van der Waals surface area contributed by atoms with Gasteiger partial charge in [0.1, 0.15) is 23.0 Å². The number of rotatable bonds is 7. The van der Waals surface area contributed by atoms with Gasteiger partial charge in [-0.05, 0) is 42.0 Å². The van der Waals surface area contributed by atoms with Crippen LogP contribution in [0.3, 0.4) is 0 Å². The van der Waals surface area contributed by atoms with Crippen LogP contribution in [0.15, 0.2) is 65.8 Å². The van der Waals surface area contributed by atoms with Gasteiger partial charge in [-0.15, -0.1) is 0 Å². The van der Waals surface area contributed by atoms with Gasteiger partial charge in [-0.25, -0.2) is 0 Å². The summed E-state index contributed by atoms with van der Waals surface area (Å²) in [7, 11) is 0. The summed E-state index contributed by atoms with van der Waals surface area (Å²) in [6, 6.07) is 12.9. The van der Waals surface area contributed by atoms with Crippen molar-refractivity contribution in [3.8, 4) is 11.5 Å². The number of amides is 1. The Balaban J connectivity index is 1.41. The lowest BCUT2D eigenvalue weighted by molar-refractivity contribution is -0.137. The topological polar surface area (TPSA) is 102 Å². The number of hydrogen-bond acceptors (Lipinski definition) is 6. The Kier molecular flexibility index (Phi) is 7.23. The molecule has 0 saturated heterocycles. The normalized spacial score (nSPS) is 14.1. The number of alkyl halides is 3. The number of hydrogen-bond donors (Lipinski definition) is 3. The molecule has 1 aliphatic heterocycles. The number of carbonyl (C=O) groups is 1. The number of amidine groups is 1. The number of ether oxygens (including phenoxy) is 1. The Morgan fingerprint density at radius 1 is 1.17 bits per heavy atom. The lowest BCUT2D eigenvalue weighted by Gasteiger charge is -2.15. The van der Waals surface area contributed by atoms with Crippen LogP contribution in [0.2, 0.25) is 5.02 Å². The van der Waals surface area contributed by atoms with Crippen LogP contribution in [-0.2, 0) is 11.0 Å². The van der Waals surface area contributed by atoms with Crippen LogP contribution in [0.25, 0.3) is 0 Å². The van der Waals surface area contributed by atoms with Crippen molar-refractivity contribution in [1.29, 1.82) is 0 Å². The molecule has 1 amide bonds. The lowest BCUT2D eigenvalue weighted by Crippen LogP contribution is -2.21. The average Bonchev–Trinajstić information content (AvgIpc) is 3.35. The van der Waals surface area contributed by atoms with Crippen LogP contribution >= 0.6 is 11.6 Å². The number of nitrogens with one attached hydrogen (secondary N) is 2. The van der Waals surface area contributed by atoms with E-state index < -0.39 is 28.7 Å². The molecule has 4 N–H and O–H groups in total. The number of aromatic nitrogens is 1. The highest BCUT2D eigenvalue weighted by atomic mass is 35.5. The maximum absolute atomic E-state index is 13.1. The van der Waals surface area contributed by atoms with Crippen LogP contribution in [0.5, 0.6) is 11.5 Å². The summed E-state index contributed by atoms with van der Waals surface area (Å²) in [6.45, 7) is 1.45. The van der Waals surface area contributed by atoms with E-state index in [-0.39, 0.29) is 12.1 Å². The van der Waals surface area contributed by atoms with Crippen LogP contribution in [0, 0.1) is 0 Å². The molecular formula is C24H21ClF3N5O2. The van der Waals surface area contributed by atoms with Gasteiger partial charge >= 0.3 is 6.18 Å². The van der Waals surface area contributed by atoms with Gasteiger partial charge in [-0.3, -0.25) is 14.8 Å². The molecule has 182 valence electrons. The van der Waals surface area contributed by atoms with E-state index in [1.54, 1.807) is 42.6 Å². The molecule has 4 rings (SSSR count). The number of anilines is 1. The van der Waals surface area contributed by atoms with Gasteiger partial charge in [0.05, 0.1) is 17.1 Å². The van der Waals surface area contributed by atoms with E-state index in [0.717, 1.165) is 18.7 Å². The van der Waals surface area contributed by atoms with E-state index in [1.165, 1.54) is 6.07 Å². The summed E-state index contributed by atoms with van der Waals surface area (Å²) in [5, 5.41) is 5.14. The molecule has 0 saturated carbocycles. The third kappa shape index (κ3) is 6.28. The standard InChI is InChI=1S/C24H21ClF3N5O2/c25-19-5-4-15(11-18(19)24(26,27)28)33-22(34)13-20(29)14-2-1-3-16(10-14)35-17-6-7-30-21(12-17)23-31-8-9-32-23/h1-7,10-12,20H,8-9,13,29H2,(H,31,32)(H,33,34). The Morgan fingerprint density at radius 3 is 2.71 bits per heavy atom. The van der Waals surface area contributed by atoms with Gasteiger partial charge in [0, 0.05) is 37.0 Å². The van der Waals surface area contributed by atoms with Crippen molar-refractivity contribution in [2.45, 2.75) is 18.6 Å². The molecule has 1 unspecified atom stereocenters. The molecule has 2 heterocycles. The van der Waals surface area contributed by atoms with Crippen molar-refractivity contribution in [2.75, 3.05) is 18.4 Å². The summed E-state index contributed by atoms with van der Waals surface area (Å²) in [5.74, 6) is 1.23. The SMILES string of the molecule is NC(CC(=O)Nc1ccc(Cl)c(C(F)(F)F)c1)c1cccc(Oc2ccnc(C3=NCCN3)c2)c1. The second kappa shape index (κ2) is 10.3. The van der Waals surface area contributed by atoms with Crippen LogP contribution in [0.4, 0.5) is 18.9 Å². The largest absolute Gasteiger partial charge is 0.457 e. The summed E-state index contributed by atoms with van der Waals surface area (Å²) >= 11 is 5.62. The van der Waals surface area contributed by atoms with E-state index in [4.69, 9.17) is 22.1 Å². The average molecular weight is 504 g/mol. The second-order valence-electron chi connectivity index (χ2n) is 7.76.